The molecule has 2 aliphatic carbocycles. The zero-order valence-electron chi connectivity index (χ0n) is 20.5. The topological polar surface area (TPSA) is 76.1 Å². The Bertz CT molecular complexity index is 1190. The Balaban J connectivity index is 1.26. The molecule has 0 unspecified atom stereocenters. The van der Waals surface area contributed by atoms with Gasteiger partial charge in [-0.2, -0.15) is 0 Å². The number of carbonyl (C=O) groups excluding carboxylic acids is 1. The summed E-state index contributed by atoms with van der Waals surface area (Å²) in [4.78, 5) is 23.3. The van der Waals surface area contributed by atoms with Crippen LogP contribution in [0.4, 0.5) is 20.7 Å². The van der Waals surface area contributed by atoms with E-state index in [9.17, 15) is 9.18 Å². The van der Waals surface area contributed by atoms with Gasteiger partial charge < -0.3 is 15.4 Å². The van der Waals surface area contributed by atoms with Gasteiger partial charge in [0.2, 0.25) is 0 Å². The zero-order chi connectivity index (χ0) is 25.1. The van der Waals surface area contributed by atoms with Crippen molar-refractivity contribution in [1.29, 1.82) is 0 Å². The third-order valence-electron chi connectivity index (χ3n) is 6.33. The van der Waals surface area contributed by atoms with Crippen molar-refractivity contribution >= 4 is 40.7 Å². The Hall–Kier alpha value is -2.65. The molecule has 5 rings (SSSR count). The molecule has 1 amide bonds. The van der Waals surface area contributed by atoms with Crippen molar-refractivity contribution < 1.29 is 13.9 Å². The van der Waals surface area contributed by atoms with Crippen LogP contribution in [0.2, 0.25) is 0 Å². The second-order valence-electron chi connectivity index (χ2n) is 9.72. The number of thioether (sulfide) groups is 1. The number of rotatable bonds is 8. The summed E-state index contributed by atoms with van der Waals surface area (Å²) < 4.78 is 18.4. The van der Waals surface area contributed by atoms with E-state index in [0.29, 0.717) is 17.0 Å². The van der Waals surface area contributed by atoms with E-state index < -0.39 is 0 Å². The van der Waals surface area contributed by atoms with Gasteiger partial charge in [0, 0.05) is 39.6 Å². The van der Waals surface area contributed by atoms with Crippen molar-refractivity contribution in [1.82, 2.24) is 15.3 Å². The number of pyridine rings is 1. The lowest BCUT2D eigenvalue weighted by Crippen LogP contribution is -2.38. The van der Waals surface area contributed by atoms with Crippen LogP contribution >= 0.6 is 23.1 Å². The van der Waals surface area contributed by atoms with E-state index in [0.717, 1.165) is 31.4 Å². The number of anilines is 2. The number of nitrogens with one attached hydrogen (secondary N) is 2. The number of carbonyl (C=O) groups is 1. The van der Waals surface area contributed by atoms with Crippen LogP contribution in [-0.4, -0.2) is 33.5 Å². The predicted octanol–water partition coefficient (Wildman–Crippen LogP) is 7.50. The molecule has 0 radical (unpaired) electrons. The third kappa shape index (κ3) is 6.56. The molecule has 190 valence electrons. The van der Waals surface area contributed by atoms with Crippen LogP contribution in [0.5, 0.6) is 0 Å². The molecular formula is C27H31FN4O2S2. The van der Waals surface area contributed by atoms with Gasteiger partial charge >= 0.3 is 6.09 Å². The number of hydrogen-bond donors (Lipinski definition) is 2. The number of amides is 1. The lowest BCUT2D eigenvalue weighted by Gasteiger charge is -2.28. The maximum absolute atomic E-state index is 13.2. The number of halogens is 1. The van der Waals surface area contributed by atoms with E-state index in [1.54, 1.807) is 17.4 Å². The van der Waals surface area contributed by atoms with Crippen LogP contribution in [0.15, 0.2) is 47.6 Å². The lowest BCUT2D eigenvalue weighted by molar-refractivity contribution is 0.109. The number of aromatic nitrogens is 2. The molecular weight excluding hydrogens is 495 g/mol. The zero-order valence-corrected chi connectivity index (χ0v) is 22.1. The smallest absolute Gasteiger partial charge is 0.407 e. The number of ether oxygens (including phenoxy) is 1. The molecule has 2 heterocycles. The summed E-state index contributed by atoms with van der Waals surface area (Å²) in [6.45, 7) is 3.72. The van der Waals surface area contributed by atoms with Crippen molar-refractivity contribution in [2.75, 3.05) is 5.32 Å². The fourth-order valence-corrected chi connectivity index (χ4v) is 6.79. The van der Waals surface area contributed by atoms with E-state index in [1.165, 1.54) is 45.4 Å². The predicted molar refractivity (Wildman–Crippen MR) is 144 cm³/mol. The van der Waals surface area contributed by atoms with Gasteiger partial charge in [-0.25, -0.2) is 19.2 Å². The maximum Gasteiger partial charge on any atom is 0.407 e. The van der Waals surface area contributed by atoms with E-state index in [1.807, 2.05) is 37.9 Å². The summed E-state index contributed by atoms with van der Waals surface area (Å²) in [6.07, 6.45) is 9.19. The first kappa shape index (κ1) is 25.0. The molecule has 2 aromatic heterocycles. The first-order valence-corrected chi connectivity index (χ1v) is 14.2. The fourth-order valence-electron chi connectivity index (χ4n) is 4.36. The summed E-state index contributed by atoms with van der Waals surface area (Å²) in [6, 6.07) is 9.58. The second kappa shape index (κ2) is 11.2. The molecule has 36 heavy (non-hydrogen) atoms. The van der Waals surface area contributed by atoms with Gasteiger partial charge in [0.1, 0.15) is 11.6 Å². The molecule has 2 N–H and O–H groups in total. The molecule has 2 saturated carbocycles. The normalized spacial score (nSPS) is 19.8. The number of thiazole rings is 1. The van der Waals surface area contributed by atoms with Crippen LogP contribution in [0.1, 0.15) is 63.3 Å². The number of benzene rings is 1. The van der Waals surface area contributed by atoms with Crippen molar-refractivity contribution in [3.63, 3.8) is 0 Å². The van der Waals surface area contributed by atoms with Gasteiger partial charge in [0.05, 0.1) is 22.2 Å². The summed E-state index contributed by atoms with van der Waals surface area (Å²) in [7, 11) is 0. The first-order valence-electron chi connectivity index (χ1n) is 12.6. The number of hydrogen-bond acceptors (Lipinski definition) is 7. The van der Waals surface area contributed by atoms with Gasteiger partial charge in [-0.15, -0.1) is 23.1 Å². The van der Waals surface area contributed by atoms with Crippen molar-refractivity contribution in [2.24, 2.45) is 0 Å². The Morgan fingerprint density at radius 3 is 2.58 bits per heavy atom. The van der Waals surface area contributed by atoms with Gasteiger partial charge in [-0.05, 0) is 76.6 Å². The summed E-state index contributed by atoms with van der Waals surface area (Å²) in [5.74, 6) is 0.697. The number of nitrogens with zero attached hydrogens (tertiary/aromatic N) is 2. The Kier molecular flexibility index (Phi) is 7.76. The summed E-state index contributed by atoms with van der Waals surface area (Å²) in [5.41, 5.74) is 2.15. The summed E-state index contributed by atoms with van der Waals surface area (Å²) >= 11 is 3.70. The van der Waals surface area contributed by atoms with Crippen LogP contribution in [0.25, 0.3) is 10.4 Å². The molecule has 2 fully saturated rings. The number of alkyl carbamates (subject to hydrolysis) is 1. The highest BCUT2D eigenvalue weighted by Gasteiger charge is 2.27. The Morgan fingerprint density at radius 1 is 1.08 bits per heavy atom. The Morgan fingerprint density at radius 2 is 1.89 bits per heavy atom. The Labute approximate surface area is 219 Å². The molecule has 0 bridgehead atoms. The van der Waals surface area contributed by atoms with Gasteiger partial charge in [-0.3, -0.25) is 0 Å². The largest absolute Gasteiger partial charge is 0.447 e. The average Bonchev–Trinajstić information content (AvgIpc) is 3.53. The van der Waals surface area contributed by atoms with Crippen LogP contribution in [0, 0.1) is 5.82 Å². The maximum atomic E-state index is 13.2. The lowest BCUT2D eigenvalue weighted by atomic mass is 9.86. The highest BCUT2D eigenvalue weighted by atomic mass is 32.2. The van der Waals surface area contributed by atoms with Crippen LogP contribution in [0.3, 0.4) is 0 Å². The van der Waals surface area contributed by atoms with E-state index in [4.69, 9.17) is 9.72 Å². The van der Waals surface area contributed by atoms with Gasteiger partial charge in [0.25, 0.3) is 0 Å². The first-order chi connectivity index (χ1) is 17.4. The molecule has 1 aromatic carbocycles. The third-order valence-corrected chi connectivity index (χ3v) is 8.92. The minimum Gasteiger partial charge on any atom is -0.447 e. The van der Waals surface area contributed by atoms with E-state index in [-0.39, 0.29) is 24.1 Å². The van der Waals surface area contributed by atoms with Crippen molar-refractivity contribution in [3.05, 3.63) is 53.6 Å². The van der Waals surface area contributed by atoms with Crippen molar-refractivity contribution in [2.45, 2.75) is 80.6 Å². The highest BCUT2D eigenvalue weighted by molar-refractivity contribution is 8.00. The average molecular weight is 527 g/mol. The molecule has 3 aromatic rings. The quantitative estimate of drug-likeness (QED) is 0.316. The minimum atomic E-state index is -0.347. The molecule has 0 spiro atoms. The molecule has 9 heteroatoms. The van der Waals surface area contributed by atoms with Gasteiger partial charge in [0.15, 0.2) is 0 Å². The highest BCUT2D eigenvalue weighted by Crippen LogP contribution is 2.46. The fraction of sp³-hybridized carbons (Fsp3) is 0.444. The monoisotopic (exact) mass is 526 g/mol. The van der Waals surface area contributed by atoms with Crippen LogP contribution < -0.4 is 10.6 Å². The van der Waals surface area contributed by atoms with Crippen molar-refractivity contribution in [3.8, 4) is 10.4 Å². The minimum absolute atomic E-state index is 0.109. The SMILES string of the molecule is CC(C)OC(=O)N[C@H]1CC[C@H](c2ncc(-c3ccc(Nc4ccc(F)cn4)cc3SC3CC3)s2)CC1. The summed E-state index contributed by atoms with van der Waals surface area (Å²) in [5, 5.41) is 8.13. The second-order valence-corrected chi connectivity index (χ2v) is 12.1. The van der Waals surface area contributed by atoms with E-state index in [2.05, 4.69) is 27.8 Å². The van der Waals surface area contributed by atoms with Crippen LogP contribution in [-0.2, 0) is 4.74 Å². The van der Waals surface area contributed by atoms with E-state index >= 15 is 0 Å². The van der Waals surface area contributed by atoms with Gasteiger partial charge in [-0.1, -0.05) is 6.07 Å². The standard InChI is InChI=1S/C27H31FN4O2S2/c1-16(2)34-27(33)32-19-6-3-17(4-7-19)26-30-15-24(36-26)22-11-8-20(13-23(22)35-21-9-10-21)31-25-12-5-18(28)14-29-25/h5,8,11-17,19,21H,3-4,6-7,9-10H2,1-2H3,(H,29,31)(H,32,33)/t17-,19-. The molecule has 2 aliphatic rings. The molecule has 0 saturated heterocycles. The molecule has 6 nitrogen and oxygen atoms in total. The molecule has 0 aliphatic heterocycles. The molecule has 0 atom stereocenters.